The van der Waals surface area contributed by atoms with Gasteiger partial charge in [0, 0.05) is 0 Å². The van der Waals surface area contributed by atoms with Crippen LogP contribution in [-0.4, -0.2) is 17.6 Å². The maximum absolute atomic E-state index is 12.6. The van der Waals surface area contributed by atoms with Crippen molar-refractivity contribution < 1.29 is 9.50 Å². The van der Waals surface area contributed by atoms with Crippen LogP contribution < -0.4 is 11.5 Å². The second-order valence-electron chi connectivity index (χ2n) is 3.52. The molecule has 1 aromatic carbocycles. The molecule has 0 heterocycles. The van der Waals surface area contributed by atoms with Crippen molar-refractivity contribution in [1.82, 2.24) is 0 Å². The van der Waals surface area contributed by atoms with Crippen LogP contribution >= 0.6 is 0 Å². The van der Waals surface area contributed by atoms with E-state index in [4.69, 9.17) is 11.5 Å². The molecule has 1 aromatic rings. The Balaban J connectivity index is 2.85. The van der Waals surface area contributed by atoms with Gasteiger partial charge in [0.05, 0.1) is 6.54 Å². The molecule has 0 saturated carbocycles. The van der Waals surface area contributed by atoms with Crippen molar-refractivity contribution >= 4 is 5.96 Å². The molecule has 5 N–H and O–H groups in total. The van der Waals surface area contributed by atoms with Crippen molar-refractivity contribution in [2.45, 2.75) is 12.5 Å². The van der Waals surface area contributed by atoms with E-state index in [9.17, 15) is 9.50 Å². The van der Waals surface area contributed by atoms with Gasteiger partial charge in [0.1, 0.15) is 11.4 Å². The Morgan fingerprint density at radius 3 is 2.40 bits per heavy atom. The molecule has 15 heavy (non-hydrogen) atoms. The molecule has 0 aliphatic rings. The second-order valence-corrected chi connectivity index (χ2v) is 3.52. The molecule has 0 aliphatic carbocycles. The first-order valence-electron chi connectivity index (χ1n) is 4.45. The zero-order chi connectivity index (χ0) is 11.5. The Morgan fingerprint density at radius 2 is 1.93 bits per heavy atom. The van der Waals surface area contributed by atoms with Gasteiger partial charge in [-0.05, 0) is 24.6 Å². The Bertz CT molecular complexity index is 355. The van der Waals surface area contributed by atoms with E-state index in [0.29, 0.717) is 5.56 Å². The molecule has 5 heteroatoms. The summed E-state index contributed by atoms with van der Waals surface area (Å²) in [5.74, 6) is -0.436. The summed E-state index contributed by atoms with van der Waals surface area (Å²) in [6.45, 7) is 1.60. The summed E-state index contributed by atoms with van der Waals surface area (Å²) in [4.78, 5) is 3.72. The van der Waals surface area contributed by atoms with E-state index in [2.05, 4.69) is 4.99 Å². The van der Waals surface area contributed by atoms with Gasteiger partial charge in [0.2, 0.25) is 0 Å². The van der Waals surface area contributed by atoms with Crippen LogP contribution in [0.4, 0.5) is 4.39 Å². The molecule has 1 rings (SSSR count). The van der Waals surface area contributed by atoms with Crippen LogP contribution in [0.3, 0.4) is 0 Å². The summed E-state index contributed by atoms with van der Waals surface area (Å²) in [6.07, 6.45) is 0. The SMILES string of the molecule is CC(O)(CN=C(N)N)c1ccc(F)cc1. The number of hydrogen-bond acceptors (Lipinski definition) is 2. The van der Waals surface area contributed by atoms with E-state index >= 15 is 0 Å². The molecule has 82 valence electrons. The molecule has 0 aliphatic heterocycles. The molecule has 0 saturated heterocycles. The zero-order valence-electron chi connectivity index (χ0n) is 8.44. The van der Waals surface area contributed by atoms with Gasteiger partial charge in [0.15, 0.2) is 5.96 Å². The Labute approximate surface area is 87.4 Å². The number of nitrogens with two attached hydrogens (primary N) is 2. The Morgan fingerprint density at radius 1 is 1.40 bits per heavy atom. The number of nitrogens with zero attached hydrogens (tertiary/aromatic N) is 1. The lowest BCUT2D eigenvalue weighted by molar-refractivity contribution is 0.0673. The number of rotatable bonds is 3. The van der Waals surface area contributed by atoms with Gasteiger partial charge < -0.3 is 16.6 Å². The lowest BCUT2D eigenvalue weighted by atomic mass is 9.96. The van der Waals surface area contributed by atoms with E-state index < -0.39 is 5.60 Å². The van der Waals surface area contributed by atoms with E-state index in [0.717, 1.165) is 0 Å². The Kier molecular flexibility index (Phi) is 3.26. The average Bonchev–Trinajstić information content (AvgIpc) is 2.16. The average molecular weight is 211 g/mol. The minimum atomic E-state index is -1.20. The highest BCUT2D eigenvalue weighted by Gasteiger charge is 2.22. The third-order valence-electron chi connectivity index (χ3n) is 2.04. The van der Waals surface area contributed by atoms with Crippen LogP contribution in [0.1, 0.15) is 12.5 Å². The molecule has 0 bridgehead atoms. The summed E-state index contributed by atoms with van der Waals surface area (Å²) in [6, 6.07) is 5.55. The van der Waals surface area contributed by atoms with E-state index in [-0.39, 0.29) is 18.3 Å². The van der Waals surface area contributed by atoms with Gasteiger partial charge >= 0.3 is 0 Å². The van der Waals surface area contributed by atoms with Gasteiger partial charge in [-0.1, -0.05) is 12.1 Å². The molecule has 0 amide bonds. The normalized spacial score (nSPS) is 14.3. The topological polar surface area (TPSA) is 84.6 Å². The van der Waals surface area contributed by atoms with Gasteiger partial charge in [-0.25, -0.2) is 4.39 Å². The van der Waals surface area contributed by atoms with Crippen LogP contribution in [-0.2, 0) is 5.60 Å². The zero-order valence-corrected chi connectivity index (χ0v) is 8.44. The highest BCUT2D eigenvalue weighted by atomic mass is 19.1. The molecule has 4 nitrogen and oxygen atoms in total. The van der Waals surface area contributed by atoms with Crippen LogP contribution in [0.15, 0.2) is 29.3 Å². The van der Waals surface area contributed by atoms with Crippen LogP contribution in [0.25, 0.3) is 0 Å². The summed E-state index contributed by atoms with van der Waals surface area (Å²) < 4.78 is 12.6. The van der Waals surface area contributed by atoms with Crippen molar-refractivity contribution in [2.75, 3.05) is 6.54 Å². The number of guanidine groups is 1. The van der Waals surface area contributed by atoms with Crippen molar-refractivity contribution in [2.24, 2.45) is 16.5 Å². The predicted molar refractivity (Wildman–Crippen MR) is 56.6 cm³/mol. The fraction of sp³-hybridized carbons (Fsp3) is 0.300. The smallest absolute Gasteiger partial charge is 0.186 e. The number of aliphatic imine (C=N–C) groups is 1. The third-order valence-corrected chi connectivity index (χ3v) is 2.04. The van der Waals surface area contributed by atoms with Crippen LogP contribution in [0.5, 0.6) is 0 Å². The van der Waals surface area contributed by atoms with E-state index in [1.54, 1.807) is 6.92 Å². The number of benzene rings is 1. The van der Waals surface area contributed by atoms with Crippen molar-refractivity contribution in [3.8, 4) is 0 Å². The first-order chi connectivity index (χ1) is 6.92. The summed E-state index contributed by atoms with van der Waals surface area (Å²) >= 11 is 0. The predicted octanol–water partition coefficient (Wildman–Crippen LogP) is 0.307. The van der Waals surface area contributed by atoms with Crippen LogP contribution in [0.2, 0.25) is 0 Å². The maximum Gasteiger partial charge on any atom is 0.186 e. The highest BCUT2D eigenvalue weighted by molar-refractivity contribution is 5.75. The summed E-state index contributed by atoms with van der Waals surface area (Å²) in [7, 11) is 0. The monoisotopic (exact) mass is 211 g/mol. The van der Waals surface area contributed by atoms with Crippen molar-refractivity contribution in [3.05, 3.63) is 35.6 Å². The van der Waals surface area contributed by atoms with Gasteiger partial charge in [-0.15, -0.1) is 0 Å². The lowest BCUT2D eigenvalue weighted by Crippen LogP contribution is -2.30. The first-order valence-corrected chi connectivity index (χ1v) is 4.45. The van der Waals surface area contributed by atoms with E-state index in [1.165, 1.54) is 24.3 Å². The fourth-order valence-corrected chi connectivity index (χ4v) is 1.15. The lowest BCUT2D eigenvalue weighted by Gasteiger charge is -2.21. The molecular weight excluding hydrogens is 197 g/mol. The second kappa shape index (κ2) is 4.27. The highest BCUT2D eigenvalue weighted by Crippen LogP contribution is 2.20. The minimum absolute atomic E-state index is 0.0426. The quantitative estimate of drug-likeness (QED) is 0.497. The van der Waals surface area contributed by atoms with Crippen molar-refractivity contribution in [3.63, 3.8) is 0 Å². The fourth-order valence-electron chi connectivity index (χ4n) is 1.15. The van der Waals surface area contributed by atoms with Crippen molar-refractivity contribution in [1.29, 1.82) is 0 Å². The number of halogens is 1. The largest absolute Gasteiger partial charge is 0.384 e. The van der Waals surface area contributed by atoms with Gasteiger partial charge in [0.25, 0.3) is 0 Å². The van der Waals surface area contributed by atoms with Gasteiger partial charge in [-0.3, -0.25) is 4.99 Å². The number of hydrogen-bond donors (Lipinski definition) is 3. The standard InChI is InChI=1S/C10H14FN3O/c1-10(15,6-14-9(12)13)7-2-4-8(11)5-3-7/h2-5,15H,6H2,1H3,(H4,12,13,14). The maximum atomic E-state index is 12.6. The molecule has 0 fully saturated rings. The molecule has 0 radical (unpaired) electrons. The van der Waals surface area contributed by atoms with Gasteiger partial charge in [-0.2, -0.15) is 0 Å². The minimum Gasteiger partial charge on any atom is -0.384 e. The van der Waals surface area contributed by atoms with E-state index in [1.807, 2.05) is 0 Å². The summed E-state index contributed by atoms with van der Waals surface area (Å²) in [5.41, 5.74) is 9.68. The molecule has 1 unspecified atom stereocenters. The summed E-state index contributed by atoms with van der Waals surface area (Å²) in [5, 5.41) is 9.98. The Hall–Kier alpha value is -1.62. The molecule has 1 atom stereocenters. The number of aliphatic hydroxyl groups is 1. The first kappa shape index (κ1) is 11.5. The molecular formula is C10H14FN3O. The third kappa shape index (κ3) is 3.21. The molecule has 0 aromatic heterocycles. The van der Waals surface area contributed by atoms with Crippen LogP contribution in [0, 0.1) is 5.82 Å². The molecule has 0 spiro atoms.